The summed E-state index contributed by atoms with van der Waals surface area (Å²) in [5.41, 5.74) is -0.0351. The summed E-state index contributed by atoms with van der Waals surface area (Å²) in [6.45, 7) is 7.79. The average molecular weight is 375 g/mol. The van der Waals surface area contributed by atoms with Crippen molar-refractivity contribution in [3.63, 3.8) is 0 Å². The number of fused-ring (bicyclic) bond motifs is 1. The van der Waals surface area contributed by atoms with Crippen LogP contribution in [0.25, 0.3) is 11.0 Å². The van der Waals surface area contributed by atoms with Crippen molar-refractivity contribution >= 4 is 22.8 Å². The zero-order chi connectivity index (χ0) is 19.2. The van der Waals surface area contributed by atoms with E-state index in [-0.39, 0.29) is 5.41 Å². The van der Waals surface area contributed by atoms with Crippen molar-refractivity contribution in [2.24, 2.45) is 14.1 Å². The van der Waals surface area contributed by atoms with Gasteiger partial charge in [-0.05, 0) is 6.92 Å². The molecule has 26 heavy (non-hydrogen) atoms. The third-order valence-corrected chi connectivity index (χ3v) is 4.98. The molecule has 0 unspecified atom stereocenters. The molecule has 0 aliphatic carbocycles. The Morgan fingerprint density at radius 1 is 1.15 bits per heavy atom. The van der Waals surface area contributed by atoms with Gasteiger partial charge < -0.3 is 4.52 Å². The maximum atomic E-state index is 12.7. The molecule has 0 fully saturated rings. The van der Waals surface area contributed by atoms with Crippen LogP contribution in [0.5, 0.6) is 0 Å². The zero-order valence-corrected chi connectivity index (χ0v) is 16.5. The van der Waals surface area contributed by atoms with Gasteiger partial charge in [0.25, 0.3) is 5.56 Å². The number of thioether (sulfide) groups is 1. The van der Waals surface area contributed by atoms with Crippen LogP contribution in [-0.4, -0.2) is 24.3 Å². The van der Waals surface area contributed by atoms with Crippen molar-refractivity contribution < 1.29 is 4.52 Å². The van der Waals surface area contributed by atoms with Gasteiger partial charge in [0.2, 0.25) is 0 Å². The van der Waals surface area contributed by atoms with Gasteiger partial charge in [0.15, 0.2) is 5.65 Å². The van der Waals surface area contributed by atoms with Crippen LogP contribution in [0.2, 0.25) is 0 Å². The van der Waals surface area contributed by atoms with Gasteiger partial charge in [-0.25, -0.2) is 14.8 Å². The van der Waals surface area contributed by atoms with Crippen LogP contribution >= 0.6 is 11.8 Å². The van der Waals surface area contributed by atoms with Gasteiger partial charge in [-0.3, -0.25) is 13.9 Å². The molecule has 3 rings (SSSR count). The minimum Gasteiger partial charge on any atom is -0.361 e. The van der Waals surface area contributed by atoms with Crippen LogP contribution in [0.3, 0.4) is 0 Å². The normalized spacial score (nSPS) is 12.1. The van der Waals surface area contributed by atoms with Crippen LogP contribution in [0.15, 0.2) is 25.2 Å². The number of hydrogen-bond acceptors (Lipinski definition) is 7. The lowest BCUT2D eigenvalue weighted by Gasteiger charge is -2.19. The molecular formula is C17H21N5O3S. The molecule has 0 atom stereocenters. The predicted octanol–water partition coefficient (Wildman–Crippen LogP) is 1.91. The van der Waals surface area contributed by atoms with Gasteiger partial charge in [0, 0.05) is 31.3 Å². The van der Waals surface area contributed by atoms with Gasteiger partial charge in [0.05, 0.1) is 5.69 Å². The Kier molecular flexibility index (Phi) is 4.51. The number of hydrogen-bond donors (Lipinski definition) is 0. The summed E-state index contributed by atoms with van der Waals surface area (Å²) in [6, 6.07) is 1.84. The molecule has 0 saturated heterocycles. The average Bonchev–Trinajstić information content (AvgIpc) is 3.00. The molecule has 0 aliphatic rings. The first-order valence-corrected chi connectivity index (χ1v) is 9.11. The molecule has 9 heteroatoms. The SMILES string of the molecule is Cc1cc(CSc2nc(C(C)(C)C)nc3c2c(=O)n(C)c(=O)n3C)no1. The van der Waals surface area contributed by atoms with Crippen molar-refractivity contribution in [3.05, 3.63) is 44.2 Å². The predicted molar refractivity (Wildman–Crippen MR) is 99.5 cm³/mol. The van der Waals surface area contributed by atoms with E-state index >= 15 is 0 Å². The lowest BCUT2D eigenvalue weighted by Crippen LogP contribution is -2.38. The lowest BCUT2D eigenvalue weighted by atomic mass is 9.96. The molecule has 0 spiro atoms. The Balaban J connectivity index is 2.24. The first-order chi connectivity index (χ1) is 12.1. The van der Waals surface area contributed by atoms with Gasteiger partial charge in [-0.2, -0.15) is 0 Å². The molecule has 0 aliphatic heterocycles. The zero-order valence-electron chi connectivity index (χ0n) is 15.7. The van der Waals surface area contributed by atoms with E-state index in [1.807, 2.05) is 33.8 Å². The topological polar surface area (TPSA) is 95.8 Å². The summed E-state index contributed by atoms with van der Waals surface area (Å²) in [6.07, 6.45) is 0. The van der Waals surface area contributed by atoms with Crippen molar-refractivity contribution in [1.29, 1.82) is 0 Å². The second kappa shape index (κ2) is 6.39. The van der Waals surface area contributed by atoms with Gasteiger partial charge in [-0.1, -0.05) is 37.7 Å². The Morgan fingerprint density at radius 3 is 2.42 bits per heavy atom. The summed E-state index contributed by atoms with van der Waals surface area (Å²) in [4.78, 5) is 34.2. The van der Waals surface area contributed by atoms with E-state index < -0.39 is 11.2 Å². The van der Waals surface area contributed by atoms with Crippen molar-refractivity contribution in [1.82, 2.24) is 24.3 Å². The van der Waals surface area contributed by atoms with Crippen molar-refractivity contribution in [3.8, 4) is 0 Å². The van der Waals surface area contributed by atoms with E-state index in [0.717, 1.165) is 16.0 Å². The van der Waals surface area contributed by atoms with E-state index in [1.165, 1.54) is 23.4 Å². The maximum Gasteiger partial charge on any atom is 0.332 e. The van der Waals surface area contributed by atoms with Crippen LogP contribution < -0.4 is 11.2 Å². The number of aryl methyl sites for hydroxylation is 2. The minimum atomic E-state index is -0.413. The third-order valence-electron chi connectivity index (χ3n) is 3.97. The fourth-order valence-electron chi connectivity index (χ4n) is 2.50. The monoisotopic (exact) mass is 375 g/mol. The molecule has 8 nitrogen and oxygen atoms in total. The summed E-state index contributed by atoms with van der Waals surface area (Å²) in [5.74, 6) is 1.80. The minimum absolute atomic E-state index is 0.328. The Morgan fingerprint density at radius 2 is 1.85 bits per heavy atom. The molecule has 138 valence electrons. The second-order valence-electron chi connectivity index (χ2n) is 7.22. The van der Waals surface area contributed by atoms with Crippen LogP contribution in [-0.2, 0) is 25.3 Å². The highest BCUT2D eigenvalue weighted by atomic mass is 32.2. The van der Waals surface area contributed by atoms with Gasteiger partial charge in [0.1, 0.15) is 22.0 Å². The van der Waals surface area contributed by atoms with E-state index in [1.54, 1.807) is 7.05 Å². The maximum absolute atomic E-state index is 12.7. The number of rotatable bonds is 3. The molecule has 0 saturated carbocycles. The lowest BCUT2D eigenvalue weighted by molar-refractivity contribution is 0.393. The standard InChI is InChI=1S/C17H21N5O3S/c1-9-7-10(20-25-9)8-26-13-11-12(18-15(19-13)17(2,3)4)21(5)16(24)22(6)14(11)23/h7H,8H2,1-6H3. The number of aromatic nitrogens is 5. The van der Waals surface area contributed by atoms with Crippen LogP contribution in [0, 0.1) is 6.92 Å². The quantitative estimate of drug-likeness (QED) is 0.510. The smallest absolute Gasteiger partial charge is 0.332 e. The van der Waals surface area contributed by atoms with Crippen molar-refractivity contribution in [2.45, 2.75) is 43.9 Å². The van der Waals surface area contributed by atoms with E-state index in [4.69, 9.17) is 4.52 Å². The van der Waals surface area contributed by atoms with Crippen molar-refractivity contribution in [2.75, 3.05) is 0 Å². The highest BCUT2D eigenvalue weighted by Crippen LogP contribution is 2.28. The second-order valence-corrected chi connectivity index (χ2v) is 8.19. The highest BCUT2D eigenvalue weighted by molar-refractivity contribution is 7.98. The van der Waals surface area contributed by atoms with Gasteiger partial charge in [-0.15, -0.1) is 0 Å². The molecule has 0 amide bonds. The molecule has 0 radical (unpaired) electrons. The molecule has 3 aromatic heterocycles. The largest absolute Gasteiger partial charge is 0.361 e. The highest BCUT2D eigenvalue weighted by Gasteiger charge is 2.23. The van der Waals surface area contributed by atoms with Gasteiger partial charge >= 0.3 is 5.69 Å². The molecule has 0 aromatic carbocycles. The Hall–Kier alpha value is -2.42. The van der Waals surface area contributed by atoms with E-state index in [0.29, 0.717) is 27.6 Å². The first kappa shape index (κ1) is 18.4. The van der Waals surface area contributed by atoms with E-state index in [2.05, 4.69) is 15.1 Å². The van der Waals surface area contributed by atoms with Crippen LogP contribution in [0.1, 0.15) is 38.0 Å². The molecular weight excluding hydrogens is 354 g/mol. The summed E-state index contributed by atoms with van der Waals surface area (Å²) < 4.78 is 7.55. The summed E-state index contributed by atoms with van der Waals surface area (Å²) >= 11 is 1.38. The molecule has 0 bridgehead atoms. The van der Waals surface area contributed by atoms with E-state index in [9.17, 15) is 9.59 Å². The Labute approximate surface area is 154 Å². The number of nitrogens with zero attached hydrogens (tertiary/aromatic N) is 5. The first-order valence-electron chi connectivity index (χ1n) is 8.13. The molecule has 3 aromatic rings. The molecule has 0 N–H and O–H groups in total. The third kappa shape index (κ3) is 3.18. The fraction of sp³-hybridized carbons (Fsp3) is 0.471. The summed E-state index contributed by atoms with van der Waals surface area (Å²) in [7, 11) is 3.07. The summed E-state index contributed by atoms with van der Waals surface area (Å²) in [5, 5.41) is 4.86. The fourth-order valence-corrected chi connectivity index (χ4v) is 3.39. The Bertz CT molecular complexity index is 1100. The molecule has 3 heterocycles. The van der Waals surface area contributed by atoms with Crippen LogP contribution in [0.4, 0.5) is 0 Å².